The minimum absolute atomic E-state index is 0.0196. The zero-order valence-electron chi connectivity index (χ0n) is 15.7. The third-order valence-electron chi connectivity index (χ3n) is 4.04. The molecule has 0 fully saturated rings. The summed E-state index contributed by atoms with van der Waals surface area (Å²) in [6, 6.07) is 11.6. The number of ether oxygens (including phenoxy) is 4. The van der Waals surface area contributed by atoms with Gasteiger partial charge in [-0.1, -0.05) is 18.2 Å². The van der Waals surface area contributed by atoms with Crippen molar-refractivity contribution in [1.29, 1.82) is 0 Å². The zero-order valence-corrected chi connectivity index (χ0v) is 15.7. The molecule has 1 heterocycles. The summed E-state index contributed by atoms with van der Waals surface area (Å²) >= 11 is 0. The molecule has 0 radical (unpaired) electrons. The predicted octanol–water partition coefficient (Wildman–Crippen LogP) is 4.72. The molecule has 3 rings (SSSR count). The predicted molar refractivity (Wildman–Crippen MR) is 104 cm³/mol. The summed E-state index contributed by atoms with van der Waals surface area (Å²) in [4.78, 5) is 4.63. The molecule has 1 aliphatic heterocycles. The van der Waals surface area contributed by atoms with Gasteiger partial charge in [-0.25, -0.2) is 4.99 Å². The van der Waals surface area contributed by atoms with Crippen molar-refractivity contribution in [2.75, 3.05) is 21.3 Å². The molecular weight excluding hydrogens is 330 g/mol. The number of para-hydroxylation sites is 1. The van der Waals surface area contributed by atoms with Crippen molar-refractivity contribution in [3.8, 4) is 17.2 Å². The highest BCUT2D eigenvalue weighted by atomic mass is 16.5. The Labute approximate surface area is 153 Å². The minimum atomic E-state index is 0.0196. The molecule has 0 bridgehead atoms. The molecular formula is C21H23NO4. The number of hydrogen-bond donors (Lipinski definition) is 0. The summed E-state index contributed by atoms with van der Waals surface area (Å²) in [7, 11) is 4.86. The molecule has 5 heteroatoms. The first kappa shape index (κ1) is 17.9. The number of hydrogen-bond acceptors (Lipinski definition) is 5. The fourth-order valence-corrected chi connectivity index (χ4v) is 2.86. The van der Waals surface area contributed by atoms with Crippen LogP contribution in [0.1, 0.15) is 25.0 Å². The lowest BCUT2D eigenvalue weighted by Gasteiger charge is -2.15. The summed E-state index contributed by atoms with van der Waals surface area (Å²) in [6.07, 6.45) is 2.01. The molecule has 1 aliphatic rings. The molecule has 0 unspecified atom stereocenters. The summed E-state index contributed by atoms with van der Waals surface area (Å²) in [5.74, 6) is 2.57. The van der Waals surface area contributed by atoms with Crippen LogP contribution in [-0.4, -0.2) is 33.3 Å². The van der Waals surface area contributed by atoms with Crippen molar-refractivity contribution < 1.29 is 18.9 Å². The van der Waals surface area contributed by atoms with E-state index >= 15 is 0 Å². The van der Waals surface area contributed by atoms with Crippen LogP contribution in [0.15, 0.2) is 41.4 Å². The van der Waals surface area contributed by atoms with Gasteiger partial charge in [-0.2, -0.15) is 0 Å². The average molecular weight is 353 g/mol. The number of methoxy groups -OCH3 is 3. The molecule has 0 saturated heterocycles. The molecule has 5 nitrogen and oxygen atoms in total. The molecule has 0 aromatic heterocycles. The maximum Gasteiger partial charge on any atom is 0.222 e. The van der Waals surface area contributed by atoms with E-state index in [1.165, 1.54) is 0 Å². The van der Waals surface area contributed by atoms with Crippen molar-refractivity contribution in [2.24, 2.45) is 4.99 Å². The largest absolute Gasteiger partial charge is 0.496 e. The van der Waals surface area contributed by atoms with Gasteiger partial charge in [0.15, 0.2) is 0 Å². The number of nitrogens with zero attached hydrogens (tertiary/aromatic N) is 1. The second kappa shape index (κ2) is 7.52. The molecule has 0 N–H and O–H groups in total. The normalized spacial score (nSPS) is 14.2. The van der Waals surface area contributed by atoms with Gasteiger partial charge >= 0.3 is 0 Å². The van der Waals surface area contributed by atoms with Gasteiger partial charge in [0.2, 0.25) is 5.90 Å². The zero-order chi connectivity index (χ0) is 18.7. The van der Waals surface area contributed by atoms with Crippen LogP contribution in [-0.2, 0) is 4.74 Å². The highest BCUT2D eigenvalue weighted by molar-refractivity contribution is 6.29. The van der Waals surface area contributed by atoms with Crippen LogP contribution in [0.25, 0.3) is 11.6 Å². The van der Waals surface area contributed by atoms with Gasteiger partial charge in [-0.15, -0.1) is 0 Å². The molecule has 0 spiro atoms. The molecule has 0 aliphatic carbocycles. The Balaban J connectivity index is 2.17. The quantitative estimate of drug-likeness (QED) is 0.780. The van der Waals surface area contributed by atoms with E-state index in [9.17, 15) is 0 Å². The first-order valence-corrected chi connectivity index (χ1v) is 8.44. The minimum Gasteiger partial charge on any atom is -0.496 e. The Kier molecular flexibility index (Phi) is 5.16. The molecule has 2 aromatic carbocycles. The number of benzene rings is 2. The highest BCUT2D eigenvalue weighted by Crippen LogP contribution is 2.41. The lowest BCUT2D eigenvalue weighted by molar-refractivity contribution is 0.233. The van der Waals surface area contributed by atoms with E-state index in [0.29, 0.717) is 23.1 Å². The molecule has 0 atom stereocenters. The van der Waals surface area contributed by atoms with Crippen molar-refractivity contribution in [3.63, 3.8) is 0 Å². The standard InChI is InChI=1S/C21H23NO4/c1-13(2)26-21-16(15-8-6-7-9-18(15)22-21)12-17-19(24-4)10-14(23-3)11-20(17)25-5/h6-13H,1-5H3. The summed E-state index contributed by atoms with van der Waals surface area (Å²) in [5.41, 5.74) is 3.61. The van der Waals surface area contributed by atoms with Crippen molar-refractivity contribution in [3.05, 3.63) is 47.5 Å². The van der Waals surface area contributed by atoms with Crippen LogP contribution in [0.5, 0.6) is 17.2 Å². The van der Waals surface area contributed by atoms with E-state index in [-0.39, 0.29) is 6.10 Å². The van der Waals surface area contributed by atoms with Crippen LogP contribution in [0.2, 0.25) is 0 Å². The van der Waals surface area contributed by atoms with Crippen LogP contribution < -0.4 is 14.2 Å². The Morgan fingerprint density at radius 3 is 2.15 bits per heavy atom. The second-order valence-electron chi connectivity index (χ2n) is 6.10. The van der Waals surface area contributed by atoms with E-state index in [2.05, 4.69) is 4.99 Å². The van der Waals surface area contributed by atoms with E-state index in [0.717, 1.165) is 22.4 Å². The van der Waals surface area contributed by atoms with Crippen molar-refractivity contribution >= 4 is 23.2 Å². The number of fused-ring (bicyclic) bond motifs is 1. The van der Waals surface area contributed by atoms with E-state index in [4.69, 9.17) is 18.9 Å². The van der Waals surface area contributed by atoms with Gasteiger partial charge in [0.25, 0.3) is 0 Å². The van der Waals surface area contributed by atoms with Crippen LogP contribution in [0, 0.1) is 0 Å². The molecule has 0 saturated carbocycles. The third-order valence-corrected chi connectivity index (χ3v) is 4.04. The van der Waals surface area contributed by atoms with E-state index < -0.39 is 0 Å². The lowest BCUT2D eigenvalue weighted by Crippen LogP contribution is -2.10. The third kappa shape index (κ3) is 3.38. The maximum atomic E-state index is 5.95. The van der Waals surface area contributed by atoms with E-state index in [1.807, 2.05) is 56.3 Å². The highest BCUT2D eigenvalue weighted by Gasteiger charge is 2.24. The van der Waals surface area contributed by atoms with Gasteiger partial charge < -0.3 is 18.9 Å². The van der Waals surface area contributed by atoms with Gasteiger partial charge in [0.05, 0.1) is 38.7 Å². The summed E-state index contributed by atoms with van der Waals surface area (Å²) in [5, 5.41) is 0. The van der Waals surface area contributed by atoms with Crippen molar-refractivity contribution in [2.45, 2.75) is 20.0 Å². The summed E-state index contributed by atoms with van der Waals surface area (Å²) < 4.78 is 22.4. The second-order valence-corrected chi connectivity index (χ2v) is 6.10. The van der Waals surface area contributed by atoms with E-state index in [1.54, 1.807) is 21.3 Å². The van der Waals surface area contributed by atoms with Crippen LogP contribution >= 0.6 is 0 Å². The monoisotopic (exact) mass is 353 g/mol. The van der Waals surface area contributed by atoms with Gasteiger partial charge in [-0.05, 0) is 26.0 Å². The van der Waals surface area contributed by atoms with Crippen molar-refractivity contribution in [1.82, 2.24) is 0 Å². The first-order chi connectivity index (χ1) is 12.6. The fourth-order valence-electron chi connectivity index (χ4n) is 2.86. The molecule has 136 valence electrons. The average Bonchev–Trinajstić information content (AvgIpc) is 2.98. The Morgan fingerprint density at radius 2 is 1.58 bits per heavy atom. The number of aliphatic imine (C=N–C) groups is 1. The Bertz CT molecular complexity index is 843. The smallest absolute Gasteiger partial charge is 0.222 e. The van der Waals surface area contributed by atoms with Gasteiger partial charge in [-0.3, -0.25) is 0 Å². The SMILES string of the molecule is COc1cc(OC)c(C=C2C(OC(C)C)=Nc3ccccc32)c(OC)c1. The fraction of sp³-hybridized carbons (Fsp3) is 0.286. The summed E-state index contributed by atoms with van der Waals surface area (Å²) in [6.45, 7) is 3.97. The first-order valence-electron chi connectivity index (χ1n) is 8.44. The van der Waals surface area contributed by atoms with Gasteiger partial charge in [0.1, 0.15) is 17.2 Å². The van der Waals surface area contributed by atoms with Gasteiger partial charge in [0, 0.05) is 23.3 Å². The molecule has 26 heavy (non-hydrogen) atoms. The Hall–Kier alpha value is -2.95. The Morgan fingerprint density at radius 1 is 0.923 bits per heavy atom. The topological polar surface area (TPSA) is 49.3 Å². The molecule has 0 amide bonds. The van der Waals surface area contributed by atoms with Crippen LogP contribution in [0.3, 0.4) is 0 Å². The van der Waals surface area contributed by atoms with Crippen LogP contribution in [0.4, 0.5) is 5.69 Å². The lowest BCUT2D eigenvalue weighted by atomic mass is 10.0. The molecule has 2 aromatic rings. The number of rotatable bonds is 5. The maximum absolute atomic E-state index is 5.95.